The summed E-state index contributed by atoms with van der Waals surface area (Å²) < 4.78 is 40.5. The van der Waals surface area contributed by atoms with Crippen molar-refractivity contribution in [3.63, 3.8) is 0 Å². The second-order valence-electron chi connectivity index (χ2n) is 6.92. The van der Waals surface area contributed by atoms with Crippen LogP contribution in [0.4, 0.5) is 5.69 Å². The van der Waals surface area contributed by atoms with Gasteiger partial charge in [0.05, 0.1) is 0 Å². The zero-order valence-corrected chi connectivity index (χ0v) is 17.4. The standard InChI is InChI=1S/C22H17N5O4S/c28-32(29,14-19-18-5-1-2-6-20(18)31-25-19)26-16-7-9-17(10-8-16)30-22-13-21(23-15-24-22)27-11-3-4-12-27/h1-13,15,26H,14H2. The number of sulfonamides is 1. The lowest BCUT2D eigenvalue weighted by Gasteiger charge is -2.09. The molecule has 3 heterocycles. The Labute approximate surface area is 183 Å². The van der Waals surface area contributed by atoms with E-state index in [1.165, 1.54) is 6.33 Å². The second-order valence-corrected chi connectivity index (χ2v) is 8.64. The molecule has 2 aromatic carbocycles. The van der Waals surface area contributed by atoms with E-state index < -0.39 is 10.0 Å². The summed E-state index contributed by atoms with van der Waals surface area (Å²) in [4.78, 5) is 8.33. The average Bonchev–Trinajstić information content (AvgIpc) is 3.46. The zero-order chi connectivity index (χ0) is 22.0. The van der Waals surface area contributed by atoms with Gasteiger partial charge in [0.1, 0.15) is 29.3 Å². The van der Waals surface area contributed by atoms with E-state index in [2.05, 4.69) is 19.8 Å². The molecule has 0 amide bonds. The van der Waals surface area contributed by atoms with Gasteiger partial charge in [0, 0.05) is 29.5 Å². The minimum atomic E-state index is -3.69. The second kappa shape index (κ2) is 8.16. The Morgan fingerprint density at radius 2 is 1.75 bits per heavy atom. The lowest BCUT2D eigenvalue weighted by molar-refractivity contribution is 0.448. The van der Waals surface area contributed by atoms with Crippen molar-refractivity contribution >= 4 is 26.7 Å². The molecule has 0 saturated heterocycles. The van der Waals surface area contributed by atoms with Gasteiger partial charge < -0.3 is 13.8 Å². The zero-order valence-electron chi connectivity index (χ0n) is 16.6. The molecule has 0 saturated carbocycles. The first kappa shape index (κ1) is 19.8. The molecule has 5 aromatic rings. The van der Waals surface area contributed by atoms with Gasteiger partial charge >= 0.3 is 0 Å². The van der Waals surface area contributed by atoms with E-state index in [9.17, 15) is 8.42 Å². The molecule has 160 valence electrons. The van der Waals surface area contributed by atoms with Crippen LogP contribution in [0.3, 0.4) is 0 Å². The highest BCUT2D eigenvalue weighted by atomic mass is 32.2. The van der Waals surface area contributed by atoms with Crippen molar-refractivity contribution in [1.29, 1.82) is 0 Å². The Hall–Kier alpha value is -4.18. The van der Waals surface area contributed by atoms with Gasteiger partial charge in [-0.2, -0.15) is 0 Å². The Bertz CT molecular complexity index is 1460. The summed E-state index contributed by atoms with van der Waals surface area (Å²) in [6.45, 7) is 0. The van der Waals surface area contributed by atoms with Crippen LogP contribution in [0.15, 0.2) is 90.0 Å². The Kier molecular flexibility index (Phi) is 5.04. The van der Waals surface area contributed by atoms with Crippen LogP contribution in [-0.2, 0) is 15.8 Å². The van der Waals surface area contributed by atoms with Crippen molar-refractivity contribution < 1.29 is 17.7 Å². The Balaban J connectivity index is 1.27. The predicted molar refractivity (Wildman–Crippen MR) is 118 cm³/mol. The van der Waals surface area contributed by atoms with Gasteiger partial charge in [-0.05, 0) is 48.5 Å². The molecule has 0 aliphatic carbocycles. The van der Waals surface area contributed by atoms with Gasteiger partial charge in [-0.1, -0.05) is 17.3 Å². The first-order chi connectivity index (χ1) is 15.6. The number of hydrogen-bond donors (Lipinski definition) is 1. The number of nitrogens with zero attached hydrogens (tertiary/aromatic N) is 4. The summed E-state index contributed by atoms with van der Waals surface area (Å²) in [5.41, 5.74) is 1.31. The number of fused-ring (bicyclic) bond motifs is 1. The normalized spacial score (nSPS) is 11.5. The minimum absolute atomic E-state index is 0.300. The van der Waals surface area contributed by atoms with E-state index >= 15 is 0 Å². The molecular weight excluding hydrogens is 430 g/mol. The number of anilines is 1. The third kappa shape index (κ3) is 4.30. The van der Waals surface area contributed by atoms with E-state index in [0.29, 0.717) is 39.8 Å². The Morgan fingerprint density at radius 3 is 2.56 bits per heavy atom. The molecule has 0 spiro atoms. The predicted octanol–water partition coefficient (Wildman–Crippen LogP) is 4.14. The fraction of sp³-hybridized carbons (Fsp3) is 0.0455. The quantitative estimate of drug-likeness (QED) is 0.399. The topological polar surface area (TPSA) is 112 Å². The maximum atomic E-state index is 12.6. The van der Waals surface area contributed by atoms with Crippen molar-refractivity contribution in [2.75, 3.05) is 4.72 Å². The number of ether oxygens (including phenoxy) is 1. The van der Waals surface area contributed by atoms with E-state index in [1.807, 2.05) is 29.1 Å². The first-order valence-corrected chi connectivity index (χ1v) is 11.3. The van der Waals surface area contributed by atoms with E-state index in [0.717, 1.165) is 0 Å². The number of hydrogen-bond acceptors (Lipinski definition) is 7. The number of para-hydroxylation sites is 1. The fourth-order valence-electron chi connectivity index (χ4n) is 3.16. The van der Waals surface area contributed by atoms with Crippen molar-refractivity contribution in [3.05, 3.63) is 91.1 Å². The van der Waals surface area contributed by atoms with Crippen LogP contribution in [0, 0.1) is 0 Å². The third-order valence-corrected chi connectivity index (χ3v) is 5.83. The number of benzene rings is 2. The molecule has 10 heteroatoms. The maximum absolute atomic E-state index is 12.6. The van der Waals surface area contributed by atoms with E-state index in [1.54, 1.807) is 54.6 Å². The van der Waals surface area contributed by atoms with Gasteiger partial charge in [-0.25, -0.2) is 18.4 Å². The highest BCUT2D eigenvalue weighted by Gasteiger charge is 2.17. The first-order valence-electron chi connectivity index (χ1n) is 9.63. The van der Waals surface area contributed by atoms with Crippen molar-refractivity contribution in [3.8, 4) is 17.4 Å². The van der Waals surface area contributed by atoms with Crippen LogP contribution in [0.2, 0.25) is 0 Å². The minimum Gasteiger partial charge on any atom is -0.439 e. The molecule has 32 heavy (non-hydrogen) atoms. The van der Waals surface area contributed by atoms with Crippen LogP contribution in [0.1, 0.15) is 5.69 Å². The highest BCUT2D eigenvalue weighted by Crippen LogP contribution is 2.24. The SMILES string of the molecule is O=S(=O)(Cc1noc2ccccc12)Nc1ccc(Oc2cc(-n3cccc3)ncn2)cc1. The van der Waals surface area contributed by atoms with Gasteiger partial charge in [0.15, 0.2) is 5.58 Å². The summed E-state index contributed by atoms with van der Waals surface area (Å²) in [5.74, 6) is 1.25. The van der Waals surface area contributed by atoms with Gasteiger partial charge in [-0.15, -0.1) is 0 Å². The molecule has 9 nitrogen and oxygen atoms in total. The van der Waals surface area contributed by atoms with Crippen LogP contribution in [-0.4, -0.2) is 28.1 Å². The lowest BCUT2D eigenvalue weighted by atomic mass is 10.2. The van der Waals surface area contributed by atoms with Crippen molar-refractivity contribution in [2.24, 2.45) is 0 Å². The number of nitrogens with one attached hydrogen (secondary N) is 1. The molecule has 0 fully saturated rings. The largest absolute Gasteiger partial charge is 0.439 e. The van der Waals surface area contributed by atoms with E-state index in [-0.39, 0.29) is 5.75 Å². The van der Waals surface area contributed by atoms with Crippen molar-refractivity contribution in [2.45, 2.75) is 5.75 Å². The molecule has 0 radical (unpaired) electrons. The number of aromatic nitrogens is 4. The third-order valence-electron chi connectivity index (χ3n) is 4.63. The summed E-state index contributed by atoms with van der Waals surface area (Å²) in [6, 6.07) is 19.2. The lowest BCUT2D eigenvalue weighted by Crippen LogP contribution is -2.15. The fourth-order valence-corrected chi connectivity index (χ4v) is 4.30. The van der Waals surface area contributed by atoms with Crippen LogP contribution in [0.25, 0.3) is 16.8 Å². The molecular formula is C22H17N5O4S. The summed E-state index contributed by atoms with van der Waals surface area (Å²) >= 11 is 0. The van der Waals surface area contributed by atoms with Gasteiger partial charge in [0.25, 0.3) is 0 Å². The molecule has 0 aliphatic heterocycles. The van der Waals surface area contributed by atoms with Crippen LogP contribution < -0.4 is 9.46 Å². The molecule has 0 atom stereocenters. The number of rotatable bonds is 7. The van der Waals surface area contributed by atoms with Crippen LogP contribution >= 0.6 is 0 Å². The smallest absolute Gasteiger partial charge is 0.238 e. The molecule has 1 N–H and O–H groups in total. The summed E-state index contributed by atoms with van der Waals surface area (Å²) in [5, 5.41) is 4.55. The van der Waals surface area contributed by atoms with E-state index in [4.69, 9.17) is 9.26 Å². The highest BCUT2D eigenvalue weighted by molar-refractivity contribution is 7.91. The molecule has 3 aromatic heterocycles. The molecule has 0 aliphatic rings. The van der Waals surface area contributed by atoms with Crippen LogP contribution in [0.5, 0.6) is 11.6 Å². The van der Waals surface area contributed by atoms with Gasteiger partial charge in [-0.3, -0.25) is 4.72 Å². The molecule has 0 unspecified atom stereocenters. The maximum Gasteiger partial charge on any atom is 0.238 e. The van der Waals surface area contributed by atoms with Crippen molar-refractivity contribution in [1.82, 2.24) is 19.7 Å². The molecule has 5 rings (SSSR count). The molecule has 0 bridgehead atoms. The monoisotopic (exact) mass is 447 g/mol. The Morgan fingerprint density at radius 1 is 0.969 bits per heavy atom. The van der Waals surface area contributed by atoms with Gasteiger partial charge in [0.2, 0.25) is 15.9 Å². The summed E-state index contributed by atoms with van der Waals surface area (Å²) in [6.07, 6.45) is 5.16. The average molecular weight is 447 g/mol. The summed E-state index contributed by atoms with van der Waals surface area (Å²) in [7, 11) is -3.69.